The standard InChI is InChI=1S/C11H20N2O2.ClH/c1-4-5-8(2)13-11(14)10-9(3)15-7-6-12-10;/h4,8-10,12H,1,5-7H2,2-3H3,(H,13,14);1H/t8?,9-,10+;/m1./s1. The average Bonchev–Trinajstić information content (AvgIpc) is 2.18. The highest BCUT2D eigenvalue weighted by Crippen LogP contribution is 2.04. The van der Waals surface area contributed by atoms with Crippen molar-refractivity contribution in [2.75, 3.05) is 13.2 Å². The number of carbonyl (C=O) groups excluding carboxylic acids is 1. The second-order valence-electron chi connectivity index (χ2n) is 3.94. The Balaban J connectivity index is 0.00000225. The first-order valence-corrected chi connectivity index (χ1v) is 5.41. The highest BCUT2D eigenvalue weighted by Gasteiger charge is 2.28. The molecular formula is C11H21ClN2O2. The number of ether oxygens (including phenoxy) is 1. The van der Waals surface area contributed by atoms with Crippen LogP contribution in [0, 0.1) is 0 Å². The number of hydrogen-bond donors (Lipinski definition) is 2. The first kappa shape index (κ1) is 15.4. The van der Waals surface area contributed by atoms with E-state index >= 15 is 0 Å². The molecular weight excluding hydrogens is 228 g/mol. The summed E-state index contributed by atoms with van der Waals surface area (Å²) in [5.41, 5.74) is 0. The number of rotatable bonds is 4. The molecule has 1 unspecified atom stereocenters. The lowest BCUT2D eigenvalue weighted by Crippen LogP contribution is -2.56. The van der Waals surface area contributed by atoms with Gasteiger partial charge in [0, 0.05) is 12.6 Å². The van der Waals surface area contributed by atoms with Gasteiger partial charge in [0.2, 0.25) is 5.91 Å². The summed E-state index contributed by atoms with van der Waals surface area (Å²) in [7, 11) is 0. The van der Waals surface area contributed by atoms with Gasteiger partial charge in [0.05, 0.1) is 12.7 Å². The van der Waals surface area contributed by atoms with Crippen molar-refractivity contribution in [3.8, 4) is 0 Å². The Morgan fingerprint density at radius 3 is 3.00 bits per heavy atom. The maximum atomic E-state index is 11.8. The van der Waals surface area contributed by atoms with Crippen LogP contribution in [0.1, 0.15) is 20.3 Å². The van der Waals surface area contributed by atoms with E-state index < -0.39 is 0 Å². The van der Waals surface area contributed by atoms with Gasteiger partial charge in [-0.25, -0.2) is 0 Å². The van der Waals surface area contributed by atoms with Crippen LogP contribution in [-0.2, 0) is 9.53 Å². The van der Waals surface area contributed by atoms with E-state index in [-0.39, 0.29) is 36.5 Å². The minimum absolute atomic E-state index is 0. The summed E-state index contributed by atoms with van der Waals surface area (Å²) in [6.07, 6.45) is 2.53. The Bertz CT molecular complexity index is 236. The van der Waals surface area contributed by atoms with Crippen LogP contribution in [0.25, 0.3) is 0 Å². The summed E-state index contributed by atoms with van der Waals surface area (Å²) in [5, 5.41) is 6.08. The van der Waals surface area contributed by atoms with E-state index in [2.05, 4.69) is 17.2 Å². The summed E-state index contributed by atoms with van der Waals surface area (Å²) >= 11 is 0. The fraction of sp³-hybridized carbons (Fsp3) is 0.727. The van der Waals surface area contributed by atoms with E-state index in [1.165, 1.54) is 0 Å². The molecule has 0 aliphatic carbocycles. The minimum Gasteiger partial charge on any atom is -0.375 e. The van der Waals surface area contributed by atoms with Crippen molar-refractivity contribution < 1.29 is 9.53 Å². The van der Waals surface area contributed by atoms with Crippen molar-refractivity contribution in [1.29, 1.82) is 0 Å². The van der Waals surface area contributed by atoms with Crippen LogP contribution in [0.4, 0.5) is 0 Å². The molecule has 1 fully saturated rings. The zero-order valence-corrected chi connectivity index (χ0v) is 10.7. The van der Waals surface area contributed by atoms with Crippen molar-refractivity contribution in [3.05, 3.63) is 12.7 Å². The SMILES string of the molecule is C=CCC(C)NC(=O)[C@H]1NCCO[C@@H]1C.Cl. The smallest absolute Gasteiger partial charge is 0.240 e. The minimum atomic E-state index is -0.231. The molecule has 0 saturated carbocycles. The number of hydrogen-bond acceptors (Lipinski definition) is 3. The van der Waals surface area contributed by atoms with Crippen molar-refractivity contribution >= 4 is 18.3 Å². The normalized spacial score (nSPS) is 26.4. The van der Waals surface area contributed by atoms with Crippen LogP contribution in [0.3, 0.4) is 0 Å². The predicted molar refractivity (Wildman–Crippen MR) is 66.9 cm³/mol. The van der Waals surface area contributed by atoms with Gasteiger partial charge >= 0.3 is 0 Å². The van der Waals surface area contributed by atoms with Crippen molar-refractivity contribution in [1.82, 2.24) is 10.6 Å². The van der Waals surface area contributed by atoms with Crippen LogP contribution in [0.5, 0.6) is 0 Å². The van der Waals surface area contributed by atoms with Gasteiger partial charge in [-0.2, -0.15) is 0 Å². The molecule has 1 rings (SSSR count). The molecule has 0 aromatic carbocycles. The molecule has 0 aromatic heterocycles. The van der Waals surface area contributed by atoms with Gasteiger partial charge in [-0.05, 0) is 20.3 Å². The van der Waals surface area contributed by atoms with Crippen LogP contribution in [-0.4, -0.2) is 37.2 Å². The Labute approximate surface area is 103 Å². The Morgan fingerprint density at radius 1 is 1.75 bits per heavy atom. The summed E-state index contributed by atoms with van der Waals surface area (Å²) < 4.78 is 5.41. The molecule has 0 radical (unpaired) electrons. The predicted octanol–water partition coefficient (Wildman–Crippen LogP) is 0.866. The molecule has 94 valence electrons. The van der Waals surface area contributed by atoms with Gasteiger partial charge in [-0.1, -0.05) is 6.08 Å². The summed E-state index contributed by atoms with van der Waals surface area (Å²) in [5.74, 6) is 0.0107. The number of amides is 1. The lowest BCUT2D eigenvalue weighted by atomic mass is 10.1. The van der Waals surface area contributed by atoms with E-state index in [1.54, 1.807) is 6.08 Å². The highest BCUT2D eigenvalue weighted by atomic mass is 35.5. The van der Waals surface area contributed by atoms with E-state index in [0.29, 0.717) is 6.61 Å². The Kier molecular flexibility index (Phi) is 7.38. The third-order valence-electron chi connectivity index (χ3n) is 2.51. The highest BCUT2D eigenvalue weighted by molar-refractivity contribution is 5.85. The quantitative estimate of drug-likeness (QED) is 0.726. The Morgan fingerprint density at radius 2 is 2.44 bits per heavy atom. The molecule has 0 aromatic rings. The molecule has 1 aliphatic heterocycles. The molecule has 2 N–H and O–H groups in total. The lowest BCUT2D eigenvalue weighted by molar-refractivity contribution is -0.129. The van der Waals surface area contributed by atoms with Gasteiger partial charge in [0.15, 0.2) is 0 Å². The maximum absolute atomic E-state index is 11.8. The number of nitrogens with one attached hydrogen (secondary N) is 2. The second-order valence-corrected chi connectivity index (χ2v) is 3.94. The zero-order valence-electron chi connectivity index (χ0n) is 9.86. The molecule has 3 atom stereocenters. The summed E-state index contributed by atoms with van der Waals surface area (Å²) in [4.78, 5) is 11.8. The molecule has 1 heterocycles. The third kappa shape index (κ3) is 4.51. The Hall–Kier alpha value is -0.580. The number of morpholine rings is 1. The summed E-state index contributed by atoms with van der Waals surface area (Å²) in [6, 6.07) is -0.100. The molecule has 1 saturated heterocycles. The average molecular weight is 249 g/mol. The van der Waals surface area contributed by atoms with Crippen LogP contribution in [0.2, 0.25) is 0 Å². The van der Waals surface area contributed by atoms with E-state index in [0.717, 1.165) is 13.0 Å². The topological polar surface area (TPSA) is 50.4 Å². The van der Waals surface area contributed by atoms with Gasteiger partial charge in [-0.15, -0.1) is 19.0 Å². The molecule has 0 spiro atoms. The maximum Gasteiger partial charge on any atom is 0.240 e. The fourth-order valence-corrected chi connectivity index (χ4v) is 1.67. The van der Waals surface area contributed by atoms with E-state index in [1.807, 2.05) is 13.8 Å². The van der Waals surface area contributed by atoms with Crippen LogP contribution < -0.4 is 10.6 Å². The molecule has 1 aliphatic rings. The summed E-state index contributed by atoms with van der Waals surface area (Å²) in [6.45, 7) is 8.93. The zero-order chi connectivity index (χ0) is 11.3. The lowest BCUT2D eigenvalue weighted by Gasteiger charge is -2.30. The van der Waals surface area contributed by atoms with E-state index in [4.69, 9.17) is 4.74 Å². The van der Waals surface area contributed by atoms with Gasteiger partial charge in [0.25, 0.3) is 0 Å². The van der Waals surface area contributed by atoms with Gasteiger partial charge in [-0.3, -0.25) is 4.79 Å². The first-order chi connectivity index (χ1) is 7.15. The molecule has 0 bridgehead atoms. The van der Waals surface area contributed by atoms with Gasteiger partial charge in [0.1, 0.15) is 6.04 Å². The van der Waals surface area contributed by atoms with Crippen molar-refractivity contribution in [2.24, 2.45) is 0 Å². The molecule has 16 heavy (non-hydrogen) atoms. The van der Waals surface area contributed by atoms with Crippen molar-refractivity contribution in [2.45, 2.75) is 38.5 Å². The molecule has 4 nitrogen and oxygen atoms in total. The molecule has 5 heteroatoms. The third-order valence-corrected chi connectivity index (χ3v) is 2.51. The molecule has 1 amide bonds. The fourth-order valence-electron chi connectivity index (χ4n) is 1.67. The van der Waals surface area contributed by atoms with Gasteiger partial charge < -0.3 is 15.4 Å². The largest absolute Gasteiger partial charge is 0.375 e. The van der Waals surface area contributed by atoms with Crippen LogP contribution >= 0.6 is 12.4 Å². The second kappa shape index (κ2) is 7.65. The number of carbonyl (C=O) groups is 1. The monoisotopic (exact) mass is 248 g/mol. The van der Waals surface area contributed by atoms with E-state index in [9.17, 15) is 4.79 Å². The number of halogens is 1. The van der Waals surface area contributed by atoms with Crippen molar-refractivity contribution in [3.63, 3.8) is 0 Å². The first-order valence-electron chi connectivity index (χ1n) is 5.41. The van der Waals surface area contributed by atoms with Crippen LogP contribution in [0.15, 0.2) is 12.7 Å².